The Morgan fingerprint density at radius 3 is 2.95 bits per heavy atom. The molecule has 0 fully saturated rings. The third-order valence-corrected chi connectivity index (χ3v) is 3.76. The molecule has 0 aliphatic heterocycles. The van der Waals surface area contributed by atoms with Gasteiger partial charge in [-0.3, -0.25) is 0 Å². The Morgan fingerprint density at radius 2 is 2.26 bits per heavy atom. The molecular formula is C12H16FN5S. The van der Waals surface area contributed by atoms with Crippen LogP contribution in [0, 0.1) is 5.82 Å². The third-order valence-electron chi connectivity index (χ3n) is 2.57. The first-order chi connectivity index (χ1) is 9.22. The number of aryl methyl sites for hydroxylation is 1. The second kappa shape index (κ2) is 6.63. The Morgan fingerprint density at radius 1 is 1.42 bits per heavy atom. The molecule has 0 atom stereocenters. The van der Waals surface area contributed by atoms with E-state index in [2.05, 4.69) is 27.8 Å². The normalized spacial score (nSPS) is 10.9. The van der Waals surface area contributed by atoms with E-state index in [4.69, 9.17) is 0 Å². The van der Waals surface area contributed by atoms with E-state index in [9.17, 15) is 4.39 Å². The largest absolute Gasteiger partial charge is 0.313 e. The van der Waals surface area contributed by atoms with Crippen molar-refractivity contribution in [2.24, 2.45) is 7.05 Å². The number of nitrogens with zero attached hydrogens (tertiary/aromatic N) is 4. The van der Waals surface area contributed by atoms with Crippen molar-refractivity contribution in [3.8, 4) is 0 Å². The first-order valence-corrected chi connectivity index (χ1v) is 6.92. The van der Waals surface area contributed by atoms with Gasteiger partial charge in [0, 0.05) is 13.6 Å². The first-order valence-electron chi connectivity index (χ1n) is 6.10. The van der Waals surface area contributed by atoms with Crippen molar-refractivity contribution in [2.45, 2.75) is 29.9 Å². The van der Waals surface area contributed by atoms with Gasteiger partial charge in [-0.1, -0.05) is 19.1 Å². The Bertz CT molecular complexity index is 543. The van der Waals surface area contributed by atoms with E-state index in [0.29, 0.717) is 16.6 Å². The maximum Gasteiger partial charge on any atom is 0.213 e. The SMILES string of the molecule is CCCNCc1cccc(F)c1Sc1nnnn1C. The standard InChI is InChI=1S/C12H16FN5S/c1-3-7-14-8-9-5-4-6-10(13)11(9)19-12-15-16-17-18(12)2/h4-6,14H,3,7-8H2,1-2H3. The maximum absolute atomic E-state index is 14.0. The first kappa shape index (κ1) is 14.0. The lowest BCUT2D eigenvalue weighted by Gasteiger charge is -2.10. The van der Waals surface area contributed by atoms with Crippen LogP contribution in [0.3, 0.4) is 0 Å². The molecule has 2 aromatic rings. The summed E-state index contributed by atoms with van der Waals surface area (Å²) >= 11 is 1.24. The molecule has 0 amide bonds. The van der Waals surface area contributed by atoms with E-state index in [1.54, 1.807) is 13.1 Å². The van der Waals surface area contributed by atoms with Crippen LogP contribution in [-0.4, -0.2) is 26.8 Å². The second-order valence-corrected chi connectivity index (χ2v) is 5.07. The van der Waals surface area contributed by atoms with Gasteiger partial charge < -0.3 is 5.32 Å². The summed E-state index contributed by atoms with van der Waals surface area (Å²) in [6.45, 7) is 3.64. The summed E-state index contributed by atoms with van der Waals surface area (Å²) in [5.74, 6) is -0.246. The fourth-order valence-corrected chi connectivity index (χ4v) is 2.47. The summed E-state index contributed by atoms with van der Waals surface area (Å²) in [4.78, 5) is 0.573. The Hall–Kier alpha value is -1.47. The number of nitrogens with one attached hydrogen (secondary N) is 1. The van der Waals surface area contributed by atoms with Crippen LogP contribution in [0.15, 0.2) is 28.3 Å². The Balaban J connectivity index is 2.20. The average Bonchev–Trinajstić information content (AvgIpc) is 2.79. The van der Waals surface area contributed by atoms with Crippen molar-refractivity contribution in [1.82, 2.24) is 25.5 Å². The Labute approximate surface area is 115 Å². The van der Waals surface area contributed by atoms with Gasteiger partial charge in [0.2, 0.25) is 5.16 Å². The molecule has 0 saturated carbocycles. The predicted octanol–water partition coefficient (Wildman–Crippen LogP) is 2.00. The van der Waals surface area contributed by atoms with E-state index in [1.165, 1.54) is 22.5 Å². The van der Waals surface area contributed by atoms with Crippen LogP contribution in [0.4, 0.5) is 4.39 Å². The molecule has 2 rings (SSSR count). The molecule has 0 aliphatic rings. The van der Waals surface area contributed by atoms with Crippen molar-refractivity contribution < 1.29 is 4.39 Å². The molecule has 102 valence electrons. The van der Waals surface area contributed by atoms with Gasteiger partial charge in [0.05, 0.1) is 4.90 Å². The van der Waals surface area contributed by atoms with Crippen LogP contribution in [-0.2, 0) is 13.6 Å². The topological polar surface area (TPSA) is 55.6 Å². The quantitative estimate of drug-likeness (QED) is 0.821. The van der Waals surface area contributed by atoms with Crippen LogP contribution in [0.25, 0.3) is 0 Å². The van der Waals surface area contributed by atoms with Crippen LogP contribution in [0.5, 0.6) is 0 Å². The van der Waals surface area contributed by atoms with E-state index in [0.717, 1.165) is 18.5 Å². The van der Waals surface area contributed by atoms with E-state index in [1.807, 2.05) is 6.07 Å². The van der Waals surface area contributed by atoms with Gasteiger partial charge in [0.25, 0.3) is 0 Å². The minimum Gasteiger partial charge on any atom is -0.313 e. The second-order valence-electron chi connectivity index (χ2n) is 4.09. The molecule has 5 nitrogen and oxygen atoms in total. The van der Waals surface area contributed by atoms with Gasteiger partial charge in [0.1, 0.15) is 5.82 Å². The van der Waals surface area contributed by atoms with Gasteiger partial charge in [-0.2, -0.15) is 0 Å². The van der Waals surface area contributed by atoms with Gasteiger partial charge in [-0.05, 0) is 46.8 Å². The number of halogens is 1. The highest BCUT2D eigenvalue weighted by Crippen LogP contribution is 2.30. The van der Waals surface area contributed by atoms with E-state index >= 15 is 0 Å². The number of rotatable bonds is 6. The number of hydrogen-bond donors (Lipinski definition) is 1. The summed E-state index contributed by atoms with van der Waals surface area (Å²) in [7, 11) is 1.73. The molecule has 1 N–H and O–H groups in total. The van der Waals surface area contributed by atoms with Crippen LogP contribution in [0.2, 0.25) is 0 Å². The van der Waals surface area contributed by atoms with Gasteiger partial charge in [-0.15, -0.1) is 5.10 Å². The monoisotopic (exact) mass is 281 g/mol. The minimum atomic E-state index is -0.246. The Kier molecular flexibility index (Phi) is 4.86. The van der Waals surface area contributed by atoms with Crippen LogP contribution >= 0.6 is 11.8 Å². The maximum atomic E-state index is 14.0. The lowest BCUT2D eigenvalue weighted by molar-refractivity contribution is 0.587. The lowest BCUT2D eigenvalue weighted by atomic mass is 10.2. The summed E-state index contributed by atoms with van der Waals surface area (Å²) in [6, 6.07) is 5.09. The minimum absolute atomic E-state index is 0.246. The zero-order valence-corrected chi connectivity index (χ0v) is 11.7. The molecule has 0 radical (unpaired) electrons. The van der Waals surface area contributed by atoms with Crippen molar-refractivity contribution >= 4 is 11.8 Å². The lowest BCUT2D eigenvalue weighted by Crippen LogP contribution is -2.14. The van der Waals surface area contributed by atoms with Gasteiger partial charge in [0.15, 0.2) is 0 Å². The molecule has 1 heterocycles. The van der Waals surface area contributed by atoms with Crippen LogP contribution in [0.1, 0.15) is 18.9 Å². The fourth-order valence-electron chi connectivity index (χ4n) is 1.61. The molecule has 1 aromatic heterocycles. The predicted molar refractivity (Wildman–Crippen MR) is 71.3 cm³/mol. The number of benzene rings is 1. The molecular weight excluding hydrogens is 265 g/mol. The summed E-state index contributed by atoms with van der Waals surface area (Å²) < 4.78 is 15.5. The zero-order valence-electron chi connectivity index (χ0n) is 10.9. The van der Waals surface area contributed by atoms with E-state index < -0.39 is 0 Å². The number of hydrogen-bond acceptors (Lipinski definition) is 5. The smallest absolute Gasteiger partial charge is 0.213 e. The molecule has 7 heteroatoms. The molecule has 0 aliphatic carbocycles. The van der Waals surface area contributed by atoms with Gasteiger partial charge in [-0.25, -0.2) is 9.07 Å². The van der Waals surface area contributed by atoms with Gasteiger partial charge >= 0.3 is 0 Å². The fraction of sp³-hybridized carbons (Fsp3) is 0.417. The summed E-state index contributed by atoms with van der Waals surface area (Å²) in [5.41, 5.74) is 0.918. The van der Waals surface area contributed by atoms with Crippen LogP contribution < -0.4 is 5.32 Å². The third kappa shape index (κ3) is 3.51. The number of aromatic nitrogens is 4. The van der Waals surface area contributed by atoms with Crippen molar-refractivity contribution in [3.05, 3.63) is 29.6 Å². The highest BCUT2D eigenvalue weighted by molar-refractivity contribution is 7.99. The molecule has 19 heavy (non-hydrogen) atoms. The zero-order chi connectivity index (χ0) is 13.7. The summed E-state index contributed by atoms with van der Waals surface area (Å²) in [5, 5.41) is 15.0. The number of tetrazole rings is 1. The molecule has 0 bridgehead atoms. The van der Waals surface area contributed by atoms with Crippen molar-refractivity contribution in [3.63, 3.8) is 0 Å². The molecule has 0 saturated heterocycles. The van der Waals surface area contributed by atoms with E-state index in [-0.39, 0.29) is 5.82 Å². The van der Waals surface area contributed by atoms with Crippen molar-refractivity contribution in [1.29, 1.82) is 0 Å². The van der Waals surface area contributed by atoms with Crippen molar-refractivity contribution in [2.75, 3.05) is 6.54 Å². The summed E-state index contributed by atoms with van der Waals surface area (Å²) in [6.07, 6.45) is 1.05. The highest BCUT2D eigenvalue weighted by atomic mass is 32.2. The molecule has 0 spiro atoms. The molecule has 1 aromatic carbocycles. The molecule has 0 unspecified atom stereocenters. The highest BCUT2D eigenvalue weighted by Gasteiger charge is 2.13. The average molecular weight is 281 g/mol.